The Hall–Kier alpha value is -1.61. The molecule has 0 amide bonds. The summed E-state index contributed by atoms with van der Waals surface area (Å²) < 4.78 is 2.04. The van der Waals surface area contributed by atoms with E-state index in [9.17, 15) is 0 Å². The number of benzene rings is 1. The molecule has 0 saturated heterocycles. The molecular weight excluding hydrogens is 186 g/mol. The Bertz CT molecular complexity index is 446. The molecule has 3 nitrogen and oxygen atoms in total. The zero-order chi connectivity index (χ0) is 10.7. The summed E-state index contributed by atoms with van der Waals surface area (Å²) in [6, 6.07) is 8.25. The van der Waals surface area contributed by atoms with Gasteiger partial charge in [0.1, 0.15) is 0 Å². The van der Waals surface area contributed by atoms with Gasteiger partial charge < -0.3 is 10.3 Å². The van der Waals surface area contributed by atoms with Crippen molar-refractivity contribution in [1.29, 1.82) is 0 Å². The number of aromatic nitrogens is 2. The molecule has 1 aromatic carbocycles. The molecule has 0 aliphatic heterocycles. The maximum Gasteiger partial charge on any atom is 0.0995 e. The lowest BCUT2D eigenvalue weighted by atomic mass is 10.2. The summed E-state index contributed by atoms with van der Waals surface area (Å²) in [6.45, 7) is 2.74. The first-order valence-electron chi connectivity index (χ1n) is 5.10. The zero-order valence-corrected chi connectivity index (χ0v) is 8.85. The standard InChI is InChI=1S/C12H15N3/c1-10-4-2-3-5-12(10)15-8-11(6-7-13)14-9-15/h2-5,8-9H,6-7,13H2,1H3. The summed E-state index contributed by atoms with van der Waals surface area (Å²) in [5.41, 5.74) is 8.95. The normalized spacial score (nSPS) is 10.5. The molecule has 3 heteroatoms. The maximum atomic E-state index is 5.49. The van der Waals surface area contributed by atoms with E-state index in [2.05, 4.69) is 24.0 Å². The molecule has 0 spiro atoms. The van der Waals surface area contributed by atoms with Crippen LogP contribution in [0.2, 0.25) is 0 Å². The van der Waals surface area contributed by atoms with Gasteiger partial charge in [-0.15, -0.1) is 0 Å². The highest BCUT2D eigenvalue weighted by atomic mass is 15.0. The summed E-state index contributed by atoms with van der Waals surface area (Å²) in [5, 5.41) is 0. The summed E-state index contributed by atoms with van der Waals surface area (Å²) in [7, 11) is 0. The third-order valence-corrected chi connectivity index (χ3v) is 2.43. The summed E-state index contributed by atoms with van der Waals surface area (Å²) in [4.78, 5) is 4.31. The molecule has 78 valence electrons. The quantitative estimate of drug-likeness (QED) is 0.821. The lowest BCUT2D eigenvalue weighted by molar-refractivity contribution is 0.934. The van der Waals surface area contributed by atoms with Crippen LogP contribution in [-0.4, -0.2) is 16.1 Å². The summed E-state index contributed by atoms with van der Waals surface area (Å²) >= 11 is 0. The van der Waals surface area contributed by atoms with Crippen molar-refractivity contribution in [3.63, 3.8) is 0 Å². The van der Waals surface area contributed by atoms with E-state index >= 15 is 0 Å². The van der Waals surface area contributed by atoms with Gasteiger partial charge in [0.25, 0.3) is 0 Å². The second-order valence-corrected chi connectivity index (χ2v) is 3.60. The highest BCUT2D eigenvalue weighted by molar-refractivity contribution is 5.40. The molecule has 0 atom stereocenters. The first-order chi connectivity index (χ1) is 7.31. The maximum absolute atomic E-state index is 5.49. The molecular formula is C12H15N3. The molecule has 2 rings (SSSR count). The van der Waals surface area contributed by atoms with Gasteiger partial charge in [-0.05, 0) is 25.1 Å². The molecule has 1 aromatic heterocycles. The van der Waals surface area contributed by atoms with Gasteiger partial charge in [-0.25, -0.2) is 4.98 Å². The fourth-order valence-electron chi connectivity index (χ4n) is 1.63. The fraction of sp³-hybridized carbons (Fsp3) is 0.250. The second-order valence-electron chi connectivity index (χ2n) is 3.60. The molecule has 0 bridgehead atoms. The van der Waals surface area contributed by atoms with E-state index in [1.807, 2.05) is 29.2 Å². The largest absolute Gasteiger partial charge is 0.330 e. The van der Waals surface area contributed by atoms with Crippen molar-refractivity contribution in [2.75, 3.05) is 6.54 Å². The molecule has 2 aromatic rings. The minimum Gasteiger partial charge on any atom is -0.330 e. The molecule has 0 unspecified atom stereocenters. The molecule has 0 aliphatic carbocycles. The first kappa shape index (κ1) is 9.93. The van der Waals surface area contributed by atoms with E-state index in [-0.39, 0.29) is 0 Å². The van der Waals surface area contributed by atoms with Gasteiger partial charge in [0.05, 0.1) is 12.0 Å². The minimum atomic E-state index is 0.644. The SMILES string of the molecule is Cc1ccccc1-n1cnc(CCN)c1. The van der Waals surface area contributed by atoms with Crippen LogP contribution >= 0.6 is 0 Å². The predicted octanol–water partition coefficient (Wildman–Crippen LogP) is 1.68. The van der Waals surface area contributed by atoms with E-state index in [1.54, 1.807) is 0 Å². The van der Waals surface area contributed by atoms with Crippen molar-refractivity contribution in [2.45, 2.75) is 13.3 Å². The Morgan fingerprint density at radius 1 is 1.33 bits per heavy atom. The Labute approximate surface area is 89.6 Å². The number of nitrogens with zero attached hydrogens (tertiary/aromatic N) is 2. The van der Waals surface area contributed by atoms with Crippen molar-refractivity contribution in [2.24, 2.45) is 5.73 Å². The minimum absolute atomic E-state index is 0.644. The van der Waals surface area contributed by atoms with Crippen molar-refractivity contribution in [3.05, 3.63) is 48.0 Å². The van der Waals surface area contributed by atoms with Crippen LogP contribution in [0, 0.1) is 6.92 Å². The van der Waals surface area contributed by atoms with Crippen LogP contribution in [0.15, 0.2) is 36.8 Å². The number of nitrogens with two attached hydrogens (primary N) is 1. The molecule has 0 fully saturated rings. The van der Waals surface area contributed by atoms with E-state index < -0.39 is 0 Å². The topological polar surface area (TPSA) is 43.8 Å². The Morgan fingerprint density at radius 2 is 2.13 bits per heavy atom. The molecule has 0 aliphatic rings. The van der Waals surface area contributed by atoms with Gasteiger partial charge >= 0.3 is 0 Å². The average Bonchev–Trinajstić information content (AvgIpc) is 2.68. The van der Waals surface area contributed by atoms with Crippen LogP contribution < -0.4 is 5.73 Å². The van der Waals surface area contributed by atoms with E-state index in [0.717, 1.165) is 12.1 Å². The van der Waals surface area contributed by atoms with Gasteiger partial charge in [0, 0.05) is 18.3 Å². The first-order valence-corrected chi connectivity index (χ1v) is 5.10. The smallest absolute Gasteiger partial charge is 0.0995 e. The van der Waals surface area contributed by atoms with Gasteiger partial charge in [-0.3, -0.25) is 0 Å². The fourth-order valence-corrected chi connectivity index (χ4v) is 1.63. The van der Waals surface area contributed by atoms with Gasteiger partial charge in [-0.2, -0.15) is 0 Å². The highest BCUT2D eigenvalue weighted by Crippen LogP contribution is 2.13. The van der Waals surface area contributed by atoms with Crippen LogP contribution in [-0.2, 0) is 6.42 Å². The number of rotatable bonds is 3. The average molecular weight is 201 g/mol. The summed E-state index contributed by atoms with van der Waals surface area (Å²) in [5.74, 6) is 0. The Balaban J connectivity index is 2.33. The molecule has 0 saturated carbocycles. The van der Waals surface area contributed by atoms with Crippen LogP contribution in [0.4, 0.5) is 0 Å². The Morgan fingerprint density at radius 3 is 2.87 bits per heavy atom. The zero-order valence-electron chi connectivity index (χ0n) is 8.85. The van der Waals surface area contributed by atoms with Crippen LogP contribution in [0.1, 0.15) is 11.3 Å². The van der Waals surface area contributed by atoms with Crippen molar-refractivity contribution < 1.29 is 0 Å². The van der Waals surface area contributed by atoms with Crippen LogP contribution in [0.25, 0.3) is 5.69 Å². The van der Waals surface area contributed by atoms with E-state index in [4.69, 9.17) is 5.73 Å². The lowest BCUT2D eigenvalue weighted by Crippen LogP contribution is -2.02. The van der Waals surface area contributed by atoms with Gasteiger partial charge in [0.15, 0.2) is 0 Å². The lowest BCUT2D eigenvalue weighted by Gasteiger charge is -2.04. The second kappa shape index (κ2) is 4.28. The van der Waals surface area contributed by atoms with Crippen molar-refractivity contribution in [1.82, 2.24) is 9.55 Å². The van der Waals surface area contributed by atoms with Crippen LogP contribution in [0.5, 0.6) is 0 Å². The van der Waals surface area contributed by atoms with Crippen molar-refractivity contribution in [3.8, 4) is 5.69 Å². The Kier molecular flexibility index (Phi) is 2.83. The predicted molar refractivity (Wildman–Crippen MR) is 61.1 cm³/mol. The molecule has 0 radical (unpaired) electrons. The number of aryl methyl sites for hydroxylation is 1. The van der Waals surface area contributed by atoms with E-state index in [0.29, 0.717) is 6.54 Å². The van der Waals surface area contributed by atoms with E-state index in [1.165, 1.54) is 11.3 Å². The highest BCUT2D eigenvalue weighted by Gasteiger charge is 2.01. The number of hydrogen-bond donors (Lipinski definition) is 1. The van der Waals surface area contributed by atoms with Gasteiger partial charge in [0.2, 0.25) is 0 Å². The number of para-hydroxylation sites is 1. The third-order valence-electron chi connectivity index (χ3n) is 2.43. The van der Waals surface area contributed by atoms with Crippen LogP contribution in [0.3, 0.4) is 0 Å². The molecule has 1 heterocycles. The number of hydrogen-bond acceptors (Lipinski definition) is 2. The summed E-state index contributed by atoms with van der Waals surface area (Å²) in [6.07, 6.45) is 4.71. The van der Waals surface area contributed by atoms with Crippen molar-refractivity contribution >= 4 is 0 Å². The molecule has 15 heavy (non-hydrogen) atoms. The molecule has 2 N–H and O–H groups in total. The monoisotopic (exact) mass is 201 g/mol. The number of imidazole rings is 1. The third kappa shape index (κ3) is 2.07. The van der Waals surface area contributed by atoms with Gasteiger partial charge in [-0.1, -0.05) is 18.2 Å².